The van der Waals surface area contributed by atoms with E-state index in [4.69, 9.17) is 5.73 Å². The third-order valence-electron chi connectivity index (χ3n) is 2.32. The van der Waals surface area contributed by atoms with Crippen molar-refractivity contribution < 1.29 is 0 Å². The molecule has 0 saturated heterocycles. The molecule has 0 aromatic carbocycles. The van der Waals surface area contributed by atoms with Crippen LogP contribution in [0.5, 0.6) is 0 Å². The highest BCUT2D eigenvalue weighted by molar-refractivity contribution is 8.01. The SMILES string of the molecule is Cc1csc(SC(c2cccnc2)C(C)N)n1. The fourth-order valence-corrected chi connectivity index (χ4v) is 3.62. The van der Waals surface area contributed by atoms with Gasteiger partial charge in [0.15, 0.2) is 4.34 Å². The third-order valence-corrected chi connectivity index (χ3v) is 4.89. The Morgan fingerprint density at radius 1 is 1.47 bits per heavy atom. The summed E-state index contributed by atoms with van der Waals surface area (Å²) in [5.74, 6) is 0. The second kappa shape index (κ2) is 5.62. The van der Waals surface area contributed by atoms with Crippen LogP contribution in [-0.2, 0) is 0 Å². The first kappa shape index (κ1) is 12.5. The van der Waals surface area contributed by atoms with Gasteiger partial charge < -0.3 is 5.73 Å². The van der Waals surface area contributed by atoms with Gasteiger partial charge in [-0.2, -0.15) is 0 Å². The lowest BCUT2D eigenvalue weighted by atomic mass is 10.1. The van der Waals surface area contributed by atoms with Crippen LogP contribution in [0, 0.1) is 6.92 Å². The number of hydrogen-bond donors (Lipinski definition) is 1. The van der Waals surface area contributed by atoms with E-state index in [0.29, 0.717) is 0 Å². The number of rotatable bonds is 4. The summed E-state index contributed by atoms with van der Waals surface area (Å²) < 4.78 is 1.06. The molecular weight excluding hydrogens is 250 g/mol. The van der Waals surface area contributed by atoms with Crippen molar-refractivity contribution in [2.45, 2.75) is 29.5 Å². The van der Waals surface area contributed by atoms with E-state index in [1.165, 1.54) is 0 Å². The lowest BCUT2D eigenvalue weighted by molar-refractivity contribution is 0.718. The highest BCUT2D eigenvalue weighted by Crippen LogP contribution is 2.38. The van der Waals surface area contributed by atoms with E-state index in [0.717, 1.165) is 15.6 Å². The molecule has 5 heteroatoms. The van der Waals surface area contributed by atoms with Crippen molar-refractivity contribution >= 4 is 23.1 Å². The summed E-state index contributed by atoms with van der Waals surface area (Å²) in [6, 6.07) is 4.07. The van der Waals surface area contributed by atoms with E-state index in [1.807, 2.05) is 26.1 Å². The van der Waals surface area contributed by atoms with Crippen molar-refractivity contribution in [3.05, 3.63) is 41.2 Å². The highest BCUT2D eigenvalue weighted by atomic mass is 32.2. The van der Waals surface area contributed by atoms with Crippen LogP contribution in [0.2, 0.25) is 0 Å². The molecule has 90 valence electrons. The molecule has 17 heavy (non-hydrogen) atoms. The summed E-state index contributed by atoms with van der Waals surface area (Å²) in [6.45, 7) is 4.02. The number of nitrogens with two attached hydrogens (primary N) is 1. The number of thioether (sulfide) groups is 1. The molecule has 0 aliphatic carbocycles. The summed E-state index contributed by atoms with van der Waals surface area (Å²) in [4.78, 5) is 8.61. The summed E-state index contributed by atoms with van der Waals surface area (Å²) in [5, 5.41) is 2.26. The average molecular weight is 265 g/mol. The maximum Gasteiger partial charge on any atom is 0.150 e. The number of hydrogen-bond acceptors (Lipinski definition) is 5. The average Bonchev–Trinajstić information content (AvgIpc) is 2.73. The molecule has 2 aromatic heterocycles. The van der Waals surface area contributed by atoms with Gasteiger partial charge in [0.2, 0.25) is 0 Å². The van der Waals surface area contributed by atoms with Gasteiger partial charge in [0, 0.05) is 29.5 Å². The topological polar surface area (TPSA) is 51.8 Å². The zero-order valence-electron chi connectivity index (χ0n) is 9.83. The Kier molecular flexibility index (Phi) is 4.15. The number of pyridine rings is 1. The Morgan fingerprint density at radius 2 is 2.29 bits per heavy atom. The maximum absolute atomic E-state index is 6.05. The minimum absolute atomic E-state index is 0.0633. The second-order valence-corrected chi connectivity index (χ2v) is 6.19. The van der Waals surface area contributed by atoms with Crippen molar-refractivity contribution in [2.24, 2.45) is 5.73 Å². The Hall–Kier alpha value is -0.910. The lowest BCUT2D eigenvalue weighted by Crippen LogP contribution is -2.22. The predicted octanol–water partition coefficient (Wildman–Crippen LogP) is 3.03. The molecule has 3 nitrogen and oxygen atoms in total. The van der Waals surface area contributed by atoms with Gasteiger partial charge in [-0.05, 0) is 25.5 Å². The molecule has 0 fully saturated rings. The van der Waals surface area contributed by atoms with Crippen LogP contribution in [0.15, 0.2) is 34.2 Å². The van der Waals surface area contributed by atoms with Crippen LogP contribution in [0.25, 0.3) is 0 Å². The molecular formula is C12H15N3S2. The van der Waals surface area contributed by atoms with Gasteiger partial charge in [-0.25, -0.2) is 4.98 Å². The van der Waals surface area contributed by atoms with Crippen LogP contribution < -0.4 is 5.73 Å². The molecule has 0 bridgehead atoms. The summed E-state index contributed by atoms with van der Waals surface area (Å²) in [7, 11) is 0. The summed E-state index contributed by atoms with van der Waals surface area (Å²) >= 11 is 3.38. The number of thiazole rings is 1. The zero-order chi connectivity index (χ0) is 12.3. The largest absolute Gasteiger partial charge is 0.327 e. The van der Waals surface area contributed by atoms with Gasteiger partial charge in [-0.1, -0.05) is 17.8 Å². The van der Waals surface area contributed by atoms with E-state index in [-0.39, 0.29) is 11.3 Å². The number of aromatic nitrogens is 2. The zero-order valence-corrected chi connectivity index (χ0v) is 11.5. The van der Waals surface area contributed by atoms with Gasteiger partial charge in [0.05, 0.1) is 5.25 Å². The second-order valence-electron chi connectivity index (χ2n) is 3.94. The van der Waals surface area contributed by atoms with E-state index in [1.54, 1.807) is 29.3 Å². The Morgan fingerprint density at radius 3 is 2.82 bits per heavy atom. The first-order valence-corrected chi connectivity index (χ1v) is 7.17. The van der Waals surface area contributed by atoms with Crippen LogP contribution in [-0.4, -0.2) is 16.0 Å². The van der Waals surface area contributed by atoms with Crippen LogP contribution in [0.4, 0.5) is 0 Å². The normalized spacial score (nSPS) is 14.5. The molecule has 2 N–H and O–H groups in total. The molecule has 0 spiro atoms. The first-order valence-electron chi connectivity index (χ1n) is 5.41. The predicted molar refractivity (Wildman–Crippen MR) is 73.3 cm³/mol. The van der Waals surface area contributed by atoms with Gasteiger partial charge in [-0.15, -0.1) is 11.3 Å². The lowest BCUT2D eigenvalue weighted by Gasteiger charge is -2.18. The summed E-state index contributed by atoms with van der Waals surface area (Å²) in [5.41, 5.74) is 8.27. The minimum Gasteiger partial charge on any atom is -0.327 e. The Balaban J connectivity index is 2.19. The van der Waals surface area contributed by atoms with Crippen LogP contribution >= 0.6 is 23.1 Å². The first-order chi connectivity index (χ1) is 8.16. The fourth-order valence-electron chi connectivity index (χ4n) is 1.52. The van der Waals surface area contributed by atoms with Crippen LogP contribution in [0.3, 0.4) is 0 Å². The van der Waals surface area contributed by atoms with Gasteiger partial charge in [-0.3, -0.25) is 4.98 Å². The van der Waals surface area contributed by atoms with E-state index in [2.05, 4.69) is 21.4 Å². The monoisotopic (exact) mass is 265 g/mol. The van der Waals surface area contributed by atoms with E-state index >= 15 is 0 Å². The van der Waals surface area contributed by atoms with Gasteiger partial charge in [0.1, 0.15) is 0 Å². The molecule has 0 amide bonds. The molecule has 2 rings (SSSR count). The molecule has 2 aromatic rings. The number of aryl methyl sites for hydroxylation is 1. The smallest absolute Gasteiger partial charge is 0.150 e. The third kappa shape index (κ3) is 3.28. The van der Waals surface area contributed by atoms with Crippen molar-refractivity contribution in [2.75, 3.05) is 0 Å². The van der Waals surface area contributed by atoms with Crippen molar-refractivity contribution in [3.63, 3.8) is 0 Å². The summed E-state index contributed by atoms with van der Waals surface area (Å²) in [6.07, 6.45) is 3.65. The Labute approximate surface area is 109 Å². The maximum atomic E-state index is 6.05. The molecule has 2 unspecified atom stereocenters. The highest BCUT2D eigenvalue weighted by Gasteiger charge is 2.19. The molecule has 0 saturated carbocycles. The van der Waals surface area contributed by atoms with Crippen molar-refractivity contribution in [1.82, 2.24) is 9.97 Å². The van der Waals surface area contributed by atoms with Gasteiger partial charge in [0.25, 0.3) is 0 Å². The van der Waals surface area contributed by atoms with Gasteiger partial charge >= 0.3 is 0 Å². The minimum atomic E-state index is 0.0633. The molecule has 2 atom stereocenters. The van der Waals surface area contributed by atoms with Crippen LogP contribution in [0.1, 0.15) is 23.4 Å². The van der Waals surface area contributed by atoms with Crippen molar-refractivity contribution in [1.29, 1.82) is 0 Å². The van der Waals surface area contributed by atoms with E-state index in [9.17, 15) is 0 Å². The van der Waals surface area contributed by atoms with E-state index < -0.39 is 0 Å². The number of nitrogens with zero attached hydrogens (tertiary/aromatic N) is 2. The quantitative estimate of drug-likeness (QED) is 0.863. The Bertz CT molecular complexity index is 468. The molecule has 0 radical (unpaired) electrons. The molecule has 2 heterocycles. The fraction of sp³-hybridized carbons (Fsp3) is 0.333. The molecule has 0 aliphatic rings. The standard InChI is InChI=1S/C12H15N3S2/c1-8-7-16-12(15-8)17-11(9(2)13)10-4-3-5-14-6-10/h3-7,9,11H,13H2,1-2H3. The van der Waals surface area contributed by atoms with Crippen molar-refractivity contribution in [3.8, 4) is 0 Å². The molecule has 0 aliphatic heterocycles.